The zero-order chi connectivity index (χ0) is 9.31. The van der Waals surface area contributed by atoms with Gasteiger partial charge in [-0.15, -0.1) is 0 Å². The first-order valence-corrected chi connectivity index (χ1v) is 5.51. The molecule has 2 rings (SSSR count). The van der Waals surface area contributed by atoms with Gasteiger partial charge in [0.2, 0.25) is 0 Å². The molecule has 1 aliphatic carbocycles. The normalized spacial score (nSPS) is 37.6. The summed E-state index contributed by atoms with van der Waals surface area (Å²) in [5.74, 6) is 1.68. The maximum atomic E-state index is 5.45. The molecule has 2 nitrogen and oxygen atoms in total. The molecule has 2 fully saturated rings. The summed E-state index contributed by atoms with van der Waals surface area (Å²) in [7, 11) is 0. The van der Waals surface area contributed by atoms with Gasteiger partial charge in [-0.3, -0.25) is 0 Å². The highest BCUT2D eigenvalue weighted by molar-refractivity contribution is 5.05. The fourth-order valence-corrected chi connectivity index (χ4v) is 2.37. The van der Waals surface area contributed by atoms with E-state index in [1.54, 1.807) is 0 Å². The lowest BCUT2D eigenvalue weighted by Gasteiger charge is -2.09. The molecular formula is C11H21NO. The predicted octanol–water partition coefficient (Wildman–Crippen LogP) is 1.66. The van der Waals surface area contributed by atoms with Crippen molar-refractivity contribution in [2.45, 2.75) is 26.7 Å². The Morgan fingerprint density at radius 3 is 3.00 bits per heavy atom. The highest BCUT2D eigenvalue weighted by atomic mass is 16.5. The van der Waals surface area contributed by atoms with Crippen LogP contribution < -0.4 is 5.32 Å². The van der Waals surface area contributed by atoms with Gasteiger partial charge in [-0.25, -0.2) is 0 Å². The summed E-state index contributed by atoms with van der Waals surface area (Å²) in [6.45, 7) is 8.92. The molecule has 1 aliphatic heterocycles. The third kappa shape index (κ3) is 2.05. The topological polar surface area (TPSA) is 21.3 Å². The molecule has 1 spiro atoms. The van der Waals surface area contributed by atoms with E-state index in [-0.39, 0.29) is 0 Å². The van der Waals surface area contributed by atoms with Gasteiger partial charge >= 0.3 is 0 Å². The van der Waals surface area contributed by atoms with Crippen molar-refractivity contribution in [3.63, 3.8) is 0 Å². The maximum absolute atomic E-state index is 5.45. The van der Waals surface area contributed by atoms with Gasteiger partial charge < -0.3 is 10.1 Å². The fourth-order valence-electron chi connectivity index (χ4n) is 2.37. The molecule has 0 amide bonds. The number of hydrogen-bond acceptors (Lipinski definition) is 2. The minimum absolute atomic E-state index is 0.615. The molecule has 2 unspecified atom stereocenters. The molecule has 1 heterocycles. The van der Waals surface area contributed by atoms with Crippen molar-refractivity contribution in [2.75, 3.05) is 26.3 Å². The summed E-state index contributed by atoms with van der Waals surface area (Å²) < 4.78 is 5.45. The molecular weight excluding hydrogens is 162 g/mol. The smallest absolute Gasteiger partial charge is 0.0526 e. The highest BCUT2D eigenvalue weighted by Gasteiger charge is 2.55. The quantitative estimate of drug-likeness (QED) is 0.715. The first-order chi connectivity index (χ1) is 6.23. The molecule has 1 saturated carbocycles. The van der Waals surface area contributed by atoms with E-state index in [0.717, 1.165) is 31.6 Å². The Hall–Kier alpha value is -0.0800. The summed E-state index contributed by atoms with van der Waals surface area (Å²) in [4.78, 5) is 0. The van der Waals surface area contributed by atoms with E-state index in [9.17, 15) is 0 Å². The Morgan fingerprint density at radius 1 is 1.54 bits per heavy atom. The Bertz CT molecular complexity index is 173. The van der Waals surface area contributed by atoms with Crippen LogP contribution in [0, 0.1) is 17.3 Å². The van der Waals surface area contributed by atoms with E-state index in [1.165, 1.54) is 19.4 Å². The zero-order valence-electron chi connectivity index (χ0n) is 8.81. The number of nitrogens with one attached hydrogen (secondary N) is 1. The average molecular weight is 183 g/mol. The monoisotopic (exact) mass is 183 g/mol. The summed E-state index contributed by atoms with van der Waals surface area (Å²) in [6, 6.07) is 0. The summed E-state index contributed by atoms with van der Waals surface area (Å²) >= 11 is 0. The van der Waals surface area contributed by atoms with Crippen molar-refractivity contribution in [1.29, 1.82) is 0 Å². The first kappa shape index (κ1) is 9.47. The van der Waals surface area contributed by atoms with Crippen LogP contribution in [0.15, 0.2) is 0 Å². The second kappa shape index (κ2) is 3.58. The maximum Gasteiger partial charge on any atom is 0.0526 e. The van der Waals surface area contributed by atoms with Gasteiger partial charge in [-0.05, 0) is 37.8 Å². The van der Waals surface area contributed by atoms with Gasteiger partial charge in [0.15, 0.2) is 0 Å². The van der Waals surface area contributed by atoms with E-state index >= 15 is 0 Å². The average Bonchev–Trinajstić information content (AvgIpc) is 2.54. The lowest BCUT2D eigenvalue weighted by Crippen LogP contribution is -2.24. The van der Waals surface area contributed by atoms with Gasteiger partial charge in [0, 0.05) is 12.0 Å². The molecule has 0 aromatic heterocycles. The van der Waals surface area contributed by atoms with Crippen molar-refractivity contribution >= 4 is 0 Å². The second-order valence-electron chi connectivity index (χ2n) is 5.12. The van der Waals surface area contributed by atoms with Crippen molar-refractivity contribution in [3.05, 3.63) is 0 Å². The van der Waals surface area contributed by atoms with E-state index in [0.29, 0.717) is 5.41 Å². The largest absolute Gasteiger partial charge is 0.381 e. The van der Waals surface area contributed by atoms with Crippen LogP contribution in [-0.4, -0.2) is 26.3 Å². The van der Waals surface area contributed by atoms with Crippen LogP contribution in [0.5, 0.6) is 0 Å². The van der Waals surface area contributed by atoms with E-state index in [2.05, 4.69) is 19.2 Å². The summed E-state index contributed by atoms with van der Waals surface area (Å²) in [6.07, 6.45) is 2.71. The zero-order valence-corrected chi connectivity index (χ0v) is 8.81. The Balaban J connectivity index is 1.63. The minimum Gasteiger partial charge on any atom is -0.381 e. The number of ether oxygens (including phenoxy) is 1. The second-order valence-corrected chi connectivity index (χ2v) is 5.12. The molecule has 1 saturated heterocycles. The molecule has 2 heteroatoms. The van der Waals surface area contributed by atoms with Crippen LogP contribution in [0.25, 0.3) is 0 Å². The van der Waals surface area contributed by atoms with Crippen LogP contribution >= 0.6 is 0 Å². The number of rotatable bonds is 4. The highest BCUT2D eigenvalue weighted by Crippen LogP contribution is 2.57. The van der Waals surface area contributed by atoms with Crippen LogP contribution in [0.1, 0.15) is 26.7 Å². The van der Waals surface area contributed by atoms with Crippen molar-refractivity contribution < 1.29 is 4.74 Å². The summed E-state index contributed by atoms with van der Waals surface area (Å²) in [5, 5.41) is 3.54. The molecule has 13 heavy (non-hydrogen) atoms. The molecule has 2 atom stereocenters. The van der Waals surface area contributed by atoms with Gasteiger partial charge in [0.1, 0.15) is 0 Å². The molecule has 76 valence electrons. The predicted molar refractivity (Wildman–Crippen MR) is 53.7 cm³/mol. The third-order valence-electron chi connectivity index (χ3n) is 3.44. The van der Waals surface area contributed by atoms with E-state index in [4.69, 9.17) is 4.74 Å². The molecule has 0 aromatic carbocycles. The van der Waals surface area contributed by atoms with Crippen molar-refractivity contribution in [2.24, 2.45) is 17.3 Å². The Kier molecular flexibility index (Phi) is 2.61. The number of hydrogen-bond donors (Lipinski definition) is 1. The molecule has 0 radical (unpaired) electrons. The minimum atomic E-state index is 0.615. The molecule has 1 N–H and O–H groups in total. The molecule has 2 aliphatic rings. The van der Waals surface area contributed by atoms with Crippen molar-refractivity contribution in [1.82, 2.24) is 5.32 Å². The SMILES string of the molecule is CC(C)CNCC1CC12CCOC2. The van der Waals surface area contributed by atoms with Gasteiger partial charge in [-0.2, -0.15) is 0 Å². The third-order valence-corrected chi connectivity index (χ3v) is 3.44. The van der Waals surface area contributed by atoms with Crippen LogP contribution in [0.4, 0.5) is 0 Å². The Morgan fingerprint density at radius 2 is 2.38 bits per heavy atom. The fraction of sp³-hybridized carbons (Fsp3) is 1.00. The van der Waals surface area contributed by atoms with Crippen LogP contribution in [0.3, 0.4) is 0 Å². The van der Waals surface area contributed by atoms with E-state index in [1.807, 2.05) is 0 Å². The molecule has 0 bridgehead atoms. The standard InChI is InChI=1S/C11H21NO/c1-9(2)6-12-7-10-5-11(10)3-4-13-8-11/h9-10,12H,3-8H2,1-2H3. The summed E-state index contributed by atoms with van der Waals surface area (Å²) in [5.41, 5.74) is 0.615. The van der Waals surface area contributed by atoms with Gasteiger partial charge in [0.25, 0.3) is 0 Å². The van der Waals surface area contributed by atoms with Gasteiger partial charge in [0.05, 0.1) is 6.61 Å². The van der Waals surface area contributed by atoms with E-state index < -0.39 is 0 Å². The lowest BCUT2D eigenvalue weighted by molar-refractivity contribution is 0.178. The van der Waals surface area contributed by atoms with Crippen LogP contribution in [0.2, 0.25) is 0 Å². The van der Waals surface area contributed by atoms with Gasteiger partial charge in [-0.1, -0.05) is 13.8 Å². The van der Waals surface area contributed by atoms with Crippen LogP contribution in [-0.2, 0) is 4.74 Å². The van der Waals surface area contributed by atoms with Crippen molar-refractivity contribution in [3.8, 4) is 0 Å². The Labute approximate surface area is 81.0 Å². The molecule has 0 aromatic rings. The first-order valence-electron chi connectivity index (χ1n) is 5.51. The lowest BCUT2D eigenvalue weighted by atomic mass is 10.0.